The van der Waals surface area contributed by atoms with Gasteiger partial charge in [0, 0.05) is 49.4 Å². The summed E-state index contributed by atoms with van der Waals surface area (Å²) in [6.07, 6.45) is 8.03. The van der Waals surface area contributed by atoms with Crippen LogP contribution in [0.25, 0.3) is 0 Å². The molecule has 0 radical (unpaired) electrons. The van der Waals surface area contributed by atoms with Gasteiger partial charge >= 0.3 is 0 Å². The summed E-state index contributed by atoms with van der Waals surface area (Å²) < 4.78 is 26.8. The number of nitrogens with zero attached hydrogens (tertiary/aromatic N) is 5. The molecule has 1 amide bonds. The highest BCUT2D eigenvalue weighted by atomic mass is 19.1. The minimum absolute atomic E-state index is 0.0298. The number of benzene rings is 1. The summed E-state index contributed by atoms with van der Waals surface area (Å²) in [7, 11) is 0. The second-order valence-corrected chi connectivity index (χ2v) is 11.3. The van der Waals surface area contributed by atoms with Crippen molar-refractivity contribution in [2.24, 2.45) is 5.41 Å². The second kappa shape index (κ2) is 10.6. The Morgan fingerprint density at radius 1 is 1.20 bits per heavy atom. The van der Waals surface area contributed by atoms with E-state index in [4.69, 9.17) is 9.47 Å². The summed E-state index contributed by atoms with van der Waals surface area (Å²) in [5, 5.41) is 3.36. The summed E-state index contributed by atoms with van der Waals surface area (Å²) in [6, 6.07) is 5.98. The smallest absolute Gasteiger partial charge is 0.257 e. The third-order valence-electron chi connectivity index (χ3n) is 8.19. The molecular weight excluding hydrogens is 511 g/mol. The number of hydrogen-bond donors (Lipinski definition) is 1. The first-order valence-electron chi connectivity index (χ1n) is 14.0. The van der Waals surface area contributed by atoms with Crippen LogP contribution in [0.1, 0.15) is 55.2 Å². The Bertz CT molecular complexity index is 1400. The van der Waals surface area contributed by atoms with Gasteiger partial charge in [-0.2, -0.15) is 0 Å². The molecule has 6 rings (SSSR count). The number of hydrogen-bond acceptors (Lipinski definition) is 8. The molecule has 3 aromatic rings. The van der Waals surface area contributed by atoms with E-state index in [9.17, 15) is 9.18 Å². The number of ether oxygens (including phenoxy) is 2. The lowest BCUT2D eigenvalue weighted by Gasteiger charge is -2.59. The number of carbonyl (C=O) groups is 1. The summed E-state index contributed by atoms with van der Waals surface area (Å²) in [5.41, 5.74) is 2.69. The molecule has 1 aromatic carbocycles. The van der Waals surface area contributed by atoms with Crippen LogP contribution in [0.15, 0.2) is 43.0 Å². The van der Waals surface area contributed by atoms with Crippen molar-refractivity contribution in [3.8, 4) is 17.2 Å². The lowest BCUT2D eigenvalue weighted by molar-refractivity contribution is -0.0349. The number of carbonyl (C=O) groups excluding carboxylic acids is 1. The first-order chi connectivity index (χ1) is 19.4. The highest BCUT2D eigenvalue weighted by molar-refractivity contribution is 5.97. The number of anilines is 1. The van der Waals surface area contributed by atoms with Gasteiger partial charge in [0.25, 0.3) is 5.91 Å². The van der Waals surface area contributed by atoms with Crippen molar-refractivity contribution >= 4 is 11.7 Å². The van der Waals surface area contributed by atoms with Gasteiger partial charge in [0.1, 0.15) is 29.7 Å². The highest BCUT2D eigenvalue weighted by Gasteiger charge is 2.54. The van der Waals surface area contributed by atoms with E-state index in [1.807, 2.05) is 33.0 Å². The van der Waals surface area contributed by atoms with Gasteiger partial charge in [0.15, 0.2) is 11.6 Å². The molecule has 210 valence electrons. The molecule has 4 heterocycles. The van der Waals surface area contributed by atoms with Crippen molar-refractivity contribution < 1.29 is 18.7 Å². The minimum atomic E-state index is -0.490. The van der Waals surface area contributed by atoms with Crippen LogP contribution in [0, 0.1) is 11.2 Å². The molecule has 10 heteroatoms. The molecule has 1 saturated carbocycles. The zero-order valence-corrected chi connectivity index (χ0v) is 23.2. The summed E-state index contributed by atoms with van der Waals surface area (Å²) in [5.74, 6) is 1.59. The topological polar surface area (TPSA) is 92.7 Å². The number of aromatic nitrogens is 3. The fourth-order valence-electron chi connectivity index (χ4n) is 6.20. The molecule has 9 nitrogen and oxygen atoms in total. The maximum atomic E-state index is 14.2. The quantitative estimate of drug-likeness (QED) is 0.446. The number of pyridine rings is 1. The van der Waals surface area contributed by atoms with E-state index in [0.29, 0.717) is 18.1 Å². The summed E-state index contributed by atoms with van der Waals surface area (Å²) in [6.45, 7) is 9.69. The third kappa shape index (κ3) is 4.96. The lowest BCUT2D eigenvalue weighted by Crippen LogP contribution is -2.65. The van der Waals surface area contributed by atoms with E-state index >= 15 is 0 Å². The van der Waals surface area contributed by atoms with Crippen LogP contribution in [0.3, 0.4) is 0 Å². The van der Waals surface area contributed by atoms with E-state index in [1.165, 1.54) is 30.1 Å². The Morgan fingerprint density at radius 3 is 2.80 bits per heavy atom. The molecule has 1 saturated heterocycles. The van der Waals surface area contributed by atoms with Crippen molar-refractivity contribution in [3.05, 3.63) is 65.6 Å². The normalized spacial score (nSPS) is 17.7. The van der Waals surface area contributed by atoms with E-state index < -0.39 is 5.82 Å². The molecule has 0 bridgehead atoms. The Labute approximate surface area is 233 Å². The molecule has 40 heavy (non-hydrogen) atoms. The van der Waals surface area contributed by atoms with Crippen molar-refractivity contribution in [3.63, 3.8) is 0 Å². The van der Waals surface area contributed by atoms with Crippen LogP contribution in [0.4, 0.5) is 10.2 Å². The Hall–Kier alpha value is -3.79. The van der Waals surface area contributed by atoms with Gasteiger partial charge < -0.3 is 24.6 Å². The van der Waals surface area contributed by atoms with Crippen LogP contribution in [-0.4, -0.2) is 64.1 Å². The largest absolute Gasteiger partial charge is 0.490 e. The summed E-state index contributed by atoms with van der Waals surface area (Å²) >= 11 is 0. The van der Waals surface area contributed by atoms with E-state index in [-0.39, 0.29) is 34.8 Å². The van der Waals surface area contributed by atoms with Gasteiger partial charge in [-0.15, -0.1) is 0 Å². The van der Waals surface area contributed by atoms with Gasteiger partial charge in [0.2, 0.25) is 0 Å². The fraction of sp³-hybridized carbons (Fsp3) is 0.467. The third-order valence-corrected chi connectivity index (χ3v) is 8.19. The van der Waals surface area contributed by atoms with Gasteiger partial charge in [-0.05, 0) is 70.8 Å². The number of nitrogens with one attached hydrogen (secondary N) is 1. The molecule has 1 aliphatic carbocycles. The number of rotatable bonds is 8. The molecule has 2 aromatic heterocycles. The molecule has 0 atom stereocenters. The average molecular weight is 547 g/mol. The zero-order chi connectivity index (χ0) is 27.9. The van der Waals surface area contributed by atoms with Crippen molar-refractivity contribution in [2.75, 3.05) is 31.1 Å². The Kier molecular flexibility index (Phi) is 7.04. The molecular formula is C30H35FN6O3. The standard InChI is InChI=1S/C30H35FN6O3/c1-4-37(19(2)3)29(38)23-11-20(31)5-6-25(23)40-27-15-33-18-35-28(27)36-16-30(17-36)12-21(13-30)39-26-8-10-34-24-14-32-9-7-22(24)26/h5-6,8,10-11,15,18-19,21,32H,4,7,9,12-14,16-17H2,1-3H3. The molecule has 2 aliphatic heterocycles. The zero-order valence-electron chi connectivity index (χ0n) is 23.2. The van der Waals surface area contributed by atoms with Crippen LogP contribution in [0.5, 0.6) is 17.2 Å². The maximum absolute atomic E-state index is 14.2. The minimum Gasteiger partial charge on any atom is -0.490 e. The van der Waals surface area contributed by atoms with Crippen LogP contribution in [0.2, 0.25) is 0 Å². The van der Waals surface area contributed by atoms with E-state index in [1.54, 1.807) is 11.1 Å². The SMILES string of the molecule is CCN(C(=O)c1cc(F)ccc1Oc1cncnc1N1CC2(CC(Oc3ccnc4c3CCNC4)C2)C1)C(C)C. The molecule has 2 fully saturated rings. The first-order valence-corrected chi connectivity index (χ1v) is 14.0. The first kappa shape index (κ1) is 26.4. The average Bonchev–Trinajstić information content (AvgIpc) is 2.91. The maximum Gasteiger partial charge on any atom is 0.257 e. The monoisotopic (exact) mass is 546 g/mol. The van der Waals surface area contributed by atoms with Crippen LogP contribution < -0.4 is 19.7 Å². The van der Waals surface area contributed by atoms with Gasteiger partial charge in [0.05, 0.1) is 17.5 Å². The van der Waals surface area contributed by atoms with Crippen molar-refractivity contribution in [2.45, 2.75) is 58.7 Å². The predicted octanol–water partition coefficient (Wildman–Crippen LogP) is 4.37. The molecule has 3 aliphatic rings. The van der Waals surface area contributed by atoms with Crippen molar-refractivity contribution in [1.82, 2.24) is 25.2 Å². The van der Waals surface area contributed by atoms with E-state index in [0.717, 1.165) is 56.9 Å². The van der Waals surface area contributed by atoms with Gasteiger partial charge in [-0.1, -0.05) is 0 Å². The van der Waals surface area contributed by atoms with Crippen molar-refractivity contribution in [1.29, 1.82) is 0 Å². The van der Waals surface area contributed by atoms with Gasteiger partial charge in [-0.25, -0.2) is 14.4 Å². The lowest BCUT2D eigenvalue weighted by atomic mass is 9.61. The fourth-order valence-corrected chi connectivity index (χ4v) is 6.20. The Morgan fingerprint density at radius 2 is 2.02 bits per heavy atom. The molecule has 0 unspecified atom stereocenters. The van der Waals surface area contributed by atoms with Crippen LogP contribution >= 0.6 is 0 Å². The Balaban J connectivity index is 1.13. The highest BCUT2D eigenvalue weighted by Crippen LogP contribution is 2.52. The number of amides is 1. The predicted molar refractivity (Wildman–Crippen MR) is 148 cm³/mol. The number of halogens is 1. The summed E-state index contributed by atoms with van der Waals surface area (Å²) in [4.78, 5) is 30.3. The second-order valence-electron chi connectivity index (χ2n) is 11.3. The van der Waals surface area contributed by atoms with Gasteiger partial charge in [-0.3, -0.25) is 9.78 Å². The van der Waals surface area contributed by atoms with E-state index in [2.05, 4.69) is 25.2 Å². The number of fused-ring (bicyclic) bond motifs is 1. The molecule has 1 spiro atoms. The van der Waals surface area contributed by atoms with Crippen LogP contribution in [-0.2, 0) is 13.0 Å². The molecule has 1 N–H and O–H groups in total.